The van der Waals surface area contributed by atoms with Crippen molar-refractivity contribution in [2.75, 3.05) is 6.54 Å². The number of imidazole rings is 1. The van der Waals surface area contributed by atoms with Crippen LogP contribution in [0, 0.1) is 19.8 Å². The van der Waals surface area contributed by atoms with Gasteiger partial charge in [-0.05, 0) is 31.9 Å². The molecule has 2 heterocycles. The third kappa shape index (κ3) is 3.93. The Bertz CT molecular complexity index is 868. The zero-order valence-corrected chi connectivity index (χ0v) is 14.6. The fourth-order valence-corrected chi connectivity index (χ4v) is 2.63. The minimum Gasteiger partial charge on any atom is -0.352 e. The SMILES string of the molecule is Cc1noc(-c2ccccc2C(=O)NCC(C)Cn2ccnc2C)n1. The van der Waals surface area contributed by atoms with E-state index in [0.717, 1.165) is 12.4 Å². The molecule has 0 saturated heterocycles. The van der Waals surface area contributed by atoms with Crippen molar-refractivity contribution < 1.29 is 9.32 Å². The third-order valence-corrected chi connectivity index (χ3v) is 3.97. The van der Waals surface area contributed by atoms with E-state index in [2.05, 4.69) is 31.9 Å². The highest BCUT2D eigenvalue weighted by Gasteiger charge is 2.17. The van der Waals surface area contributed by atoms with E-state index < -0.39 is 0 Å². The molecule has 0 radical (unpaired) electrons. The summed E-state index contributed by atoms with van der Waals surface area (Å²) in [6, 6.07) is 7.23. The van der Waals surface area contributed by atoms with Crippen molar-refractivity contribution in [1.82, 2.24) is 25.0 Å². The van der Waals surface area contributed by atoms with Gasteiger partial charge in [0.2, 0.25) is 0 Å². The Morgan fingerprint density at radius 2 is 2.12 bits per heavy atom. The van der Waals surface area contributed by atoms with Gasteiger partial charge in [0.1, 0.15) is 5.82 Å². The van der Waals surface area contributed by atoms with Crippen LogP contribution in [0.1, 0.15) is 28.9 Å². The van der Waals surface area contributed by atoms with Gasteiger partial charge in [0.15, 0.2) is 5.82 Å². The van der Waals surface area contributed by atoms with E-state index in [9.17, 15) is 4.79 Å². The van der Waals surface area contributed by atoms with Crippen LogP contribution in [0.25, 0.3) is 11.5 Å². The highest BCUT2D eigenvalue weighted by Crippen LogP contribution is 2.21. The Labute approximate surface area is 146 Å². The summed E-state index contributed by atoms with van der Waals surface area (Å²) in [6.45, 7) is 7.17. The van der Waals surface area contributed by atoms with Crippen molar-refractivity contribution >= 4 is 5.91 Å². The van der Waals surface area contributed by atoms with E-state index in [1.807, 2.05) is 25.3 Å². The fourth-order valence-electron chi connectivity index (χ4n) is 2.63. The van der Waals surface area contributed by atoms with E-state index in [1.54, 1.807) is 25.3 Å². The van der Waals surface area contributed by atoms with Gasteiger partial charge in [-0.1, -0.05) is 24.2 Å². The van der Waals surface area contributed by atoms with Gasteiger partial charge in [0, 0.05) is 25.5 Å². The topological polar surface area (TPSA) is 85.8 Å². The van der Waals surface area contributed by atoms with E-state index in [4.69, 9.17) is 4.52 Å². The number of aromatic nitrogens is 4. The first-order chi connectivity index (χ1) is 12.0. The molecule has 130 valence electrons. The number of benzene rings is 1. The number of carbonyl (C=O) groups is 1. The quantitative estimate of drug-likeness (QED) is 0.746. The lowest BCUT2D eigenvalue weighted by Gasteiger charge is -2.15. The van der Waals surface area contributed by atoms with Crippen LogP contribution >= 0.6 is 0 Å². The maximum Gasteiger partial charge on any atom is 0.258 e. The highest BCUT2D eigenvalue weighted by molar-refractivity contribution is 5.99. The third-order valence-electron chi connectivity index (χ3n) is 3.97. The van der Waals surface area contributed by atoms with Gasteiger partial charge in [0.25, 0.3) is 11.8 Å². The summed E-state index contributed by atoms with van der Waals surface area (Å²) >= 11 is 0. The smallest absolute Gasteiger partial charge is 0.258 e. The molecule has 0 fully saturated rings. The average molecular weight is 339 g/mol. The number of carbonyl (C=O) groups excluding carboxylic acids is 1. The Hall–Kier alpha value is -2.96. The van der Waals surface area contributed by atoms with Gasteiger partial charge in [-0.25, -0.2) is 4.98 Å². The van der Waals surface area contributed by atoms with E-state index in [-0.39, 0.29) is 11.8 Å². The van der Waals surface area contributed by atoms with Gasteiger partial charge in [-0.15, -0.1) is 0 Å². The highest BCUT2D eigenvalue weighted by atomic mass is 16.5. The number of aryl methyl sites for hydroxylation is 2. The van der Waals surface area contributed by atoms with Crippen LogP contribution in [0.3, 0.4) is 0 Å². The molecule has 0 aliphatic rings. The number of amides is 1. The molecule has 3 rings (SSSR count). The molecule has 25 heavy (non-hydrogen) atoms. The number of nitrogens with zero attached hydrogens (tertiary/aromatic N) is 4. The minimum absolute atomic E-state index is 0.152. The number of hydrogen-bond acceptors (Lipinski definition) is 5. The zero-order valence-electron chi connectivity index (χ0n) is 14.6. The molecule has 1 atom stereocenters. The summed E-state index contributed by atoms with van der Waals surface area (Å²) in [7, 11) is 0. The first-order valence-corrected chi connectivity index (χ1v) is 8.20. The summed E-state index contributed by atoms with van der Waals surface area (Å²) < 4.78 is 7.27. The lowest BCUT2D eigenvalue weighted by molar-refractivity contribution is 0.0947. The average Bonchev–Trinajstić information content (AvgIpc) is 3.21. The predicted molar refractivity (Wildman–Crippen MR) is 92.9 cm³/mol. The molecule has 0 aliphatic heterocycles. The van der Waals surface area contributed by atoms with E-state index in [1.165, 1.54) is 0 Å². The first kappa shape index (κ1) is 16.9. The molecular weight excluding hydrogens is 318 g/mol. The van der Waals surface area contributed by atoms with Gasteiger partial charge in [-0.2, -0.15) is 4.98 Å². The number of rotatable bonds is 6. The summed E-state index contributed by atoms with van der Waals surface area (Å²) in [6.07, 6.45) is 3.73. The van der Waals surface area contributed by atoms with Crippen molar-refractivity contribution in [2.45, 2.75) is 27.3 Å². The van der Waals surface area contributed by atoms with Crippen LogP contribution in [0.2, 0.25) is 0 Å². The molecule has 0 spiro atoms. The molecule has 1 unspecified atom stereocenters. The molecule has 1 N–H and O–H groups in total. The molecule has 7 nitrogen and oxygen atoms in total. The first-order valence-electron chi connectivity index (χ1n) is 8.20. The summed E-state index contributed by atoms with van der Waals surface area (Å²) in [5.41, 5.74) is 1.16. The van der Waals surface area contributed by atoms with Crippen LogP contribution in [-0.4, -0.2) is 32.1 Å². The predicted octanol–water partition coefficient (Wildman–Crippen LogP) is 2.62. The van der Waals surface area contributed by atoms with Gasteiger partial charge in [-0.3, -0.25) is 4.79 Å². The van der Waals surface area contributed by atoms with Gasteiger partial charge in [0.05, 0.1) is 11.1 Å². The van der Waals surface area contributed by atoms with Gasteiger partial charge < -0.3 is 14.4 Å². The minimum atomic E-state index is -0.152. The number of nitrogens with one attached hydrogen (secondary N) is 1. The summed E-state index contributed by atoms with van der Waals surface area (Å²) in [5, 5.41) is 6.78. The Morgan fingerprint density at radius 1 is 1.32 bits per heavy atom. The van der Waals surface area contributed by atoms with Crippen LogP contribution < -0.4 is 5.32 Å². The molecule has 2 aromatic heterocycles. The monoisotopic (exact) mass is 339 g/mol. The molecule has 0 saturated carbocycles. The standard InChI is InChI=1S/C18H21N5O2/c1-12(11-23-9-8-19-14(23)3)10-20-17(24)15-6-4-5-7-16(15)18-21-13(2)22-25-18/h4-9,12H,10-11H2,1-3H3,(H,20,24). The lowest BCUT2D eigenvalue weighted by atomic mass is 10.1. The molecule has 7 heteroatoms. The molecule has 3 aromatic rings. The fraction of sp³-hybridized carbons (Fsp3) is 0.333. The second-order valence-corrected chi connectivity index (χ2v) is 6.13. The van der Waals surface area contributed by atoms with Crippen molar-refractivity contribution in [3.05, 3.63) is 53.9 Å². The van der Waals surface area contributed by atoms with E-state index in [0.29, 0.717) is 29.4 Å². The molecule has 0 bridgehead atoms. The Morgan fingerprint density at radius 3 is 2.80 bits per heavy atom. The maximum absolute atomic E-state index is 12.6. The lowest BCUT2D eigenvalue weighted by Crippen LogP contribution is -2.30. The van der Waals surface area contributed by atoms with Crippen LogP contribution in [0.5, 0.6) is 0 Å². The van der Waals surface area contributed by atoms with Crippen molar-refractivity contribution in [3.8, 4) is 11.5 Å². The van der Waals surface area contributed by atoms with Crippen molar-refractivity contribution in [1.29, 1.82) is 0 Å². The van der Waals surface area contributed by atoms with Gasteiger partial charge >= 0.3 is 0 Å². The molecule has 0 aliphatic carbocycles. The summed E-state index contributed by atoms with van der Waals surface area (Å²) in [4.78, 5) is 21.0. The second kappa shape index (κ2) is 7.29. The maximum atomic E-state index is 12.6. The van der Waals surface area contributed by atoms with Crippen LogP contribution in [-0.2, 0) is 6.54 Å². The van der Waals surface area contributed by atoms with Crippen LogP contribution in [0.4, 0.5) is 0 Å². The molecule has 1 aromatic carbocycles. The molecule has 1 amide bonds. The Kier molecular flexibility index (Phi) is 4.92. The Balaban J connectivity index is 1.67. The van der Waals surface area contributed by atoms with Crippen molar-refractivity contribution in [3.63, 3.8) is 0 Å². The number of hydrogen-bond donors (Lipinski definition) is 1. The summed E-state index contributed by atoms with van der Waals surface area (Å²) in [5.74, 6) is 1.98. The second-order valence-electron chi connectivity index (χ2n) is 6.13. The zero-order chi connectivity index (χ0) is 17.8. The normalized spacial score (nSPS) is 12.1. The molecular formula is C18H21N5O2. The van der Waals surface area contributed by atoms with E-state index >= 15 is 0 Å². The van der Waals surface area contributed by atoms with Crippen LogP contribution in [0.15, 0.2) is 41.2 Å². The van der Waals surface area contributed by atoms with Crippen molar-refractivity contribution in [2.24, 2.45) is 5.92 Å². The largest absolute Gasteiger partial charge is 0.352 e.